The summed E-state index contributed by atoms with van der Waals surface area (Å²) in [6.45, 7) is 9.50. The summed E-state index contributed by atoms with van der Waals surface area (Å²) in [5.74, 6) is 0. The molecule has 2 heterocycles. The Kier molecular flexibility index (Phi) is 5.22. The zero-order valence-electron chi connectivity index (χ0n) is 11.1. The second kappa shape index (κ2) is 6.69. The first kappa shape index (κ1) is 13.3. The van der Waals surface area contributed by atoms with Crippen LogP contribution in [0.5, 0.6) is 0 Å². The molecular weight excluding hydrogens is 214 g/mol. The van der Waals surface area contributed by atoms with Gasteiger partial charge < -0.3 is 10.4 Å². The molecule has 2 atom stereocenters. The minimum atomic E-state index is 0.293. The van der Waals surface area contributed by atoms with Crippen LogP contribution in [0, 0.1) is 0 Å². The molecule has 4 heteroatoms. The molecule has 2 N–H and O–H groups in total. The van der Waals surface area contributed by atoms with Gasteiger partial charge in [-0.15, -0.1) is 0 Å². The van der Waals surface area contributed by atoms with Crippen molar-refractivity contribution >= 4 is 0 Å². The van der Waals surface area contributed by atoms with Crippen molar-refractivity contribution in [2.45, 2.75) is 38.3 Å². The van der Waals surface area contributed by atoms with Gasteiger partial charge in [-0.3, -0.25) is 9.80 Å². The fourth-order valence-corrected chi connectivity index (χ4v) is 3.24. The molecule has 2 saturated heterocycles. The van der Waals surface area contributed by atoms with E-state index >= 15 is 0 Å². The highest BCUT2D eigenvalue weighted by atomic mass is 16.3. The third-order valence-corrected chi connectivity index (χ3v) is 4.12. The Morgan fingerprint density at radius 1 is 1.35 bits per heavy atom. The molecule has 0 amide bonds. The molecule has 0 radical (unpaired) electrons. The predicted octanol–water partition coefficient (Wildman–Crippen LogP) is 0.127. The molecular formula is C13H27N3O. The average molecular weight is 241 g/mol. The van der Waals surface area contributed by atoms with Gasteiger partial charge in [0.25, 0.3) is 0 Å². The molecule has 2 fully saturated rings. The van der Waals surface area contributed by atoms with Crippen LogP contribution in [0.2, 0.25) is 0 Å². The fourth-order valence-electron chi connectivity index (χ4n) is 3.24. The highest BCUT2D eigenvalue weighted by molar-refractivity contribution is 4.88. The zero-order valence-corrected chi connectivity index (χ0v) is 11.1. The first-order chi connectivity index (χ1) is 8.33. The van der Waals surface area contributed by atoms with Crippen LogP contribution in [0.1, 0.15) is 26.2 Å². The fraction of sp³-hybridized carbons (Fsp3) is 1.00. The molecule has 0 saturated carbocycles. The maximum absolute atomic E-state index is 9.08. The number of piperazine rings is 1. The van der Waals surface area contributed by atoms with E-state index in [0.717, 1.165) is 25.6 Å². The van der Waals surface area contributed by atoms with Gasteiger partial charge in [0, 0.05) is 44.9 Å². The summed E-state index contributed by atoms with van der Waals surface area (Å²) in [4.78, 5) is 5.22. The first-order valence-electron chi connectivity index (χ1n) is 7.14. The van der Waals surface area contributed by atoms with Gasteiger partial charge in [0.2, 0.25) is 0 Å². The number of aliphatic hydroxyl groups excluding tert-OH is 1. The third kappa shape index (κ3) is 3.65. The van der Waals surface area contributed by atoms with Gasteiger partial charge in [-0.05, 0) is 32.4 Å². The topological polar surface area (TPSA) is 38.7 Å². The monoisotopic (exact) mass is 241 g/mol. The summed E-state index contributed by atoms with van der Waals surface area (Å²) in [7, 11) is 0. The van der Waals surface area contributed by atoms with Crippen molar-refractivity contribution < 1.29 is 5.11 Å². The Morgan fingerprint density at radius 2 is 2.24 bits per heavy atom. The van der Waals surface area contributed by atoms with E-state index in [1.807, 2.05) is 0 Å². The lowest BCUT2D eigenvalue weighted by Crippen LogP contribution is -2.53. The lowest BCUT2D eigenvalue weighted by atomic mass is 10.1. The van der Waals surface area contributed by atoms with Crippen LogP contribution in [0.15, 0.2) is 0 Å². The number of hydrogen-bond acceptors (Lipinski definition) is 4. The second-order valence-corrected chi connectivity index (χ2v) is 5.36. The zero-order chi connectivity index (χ0) is 12.1. The van der Waals surface area contributed by atoms with Gasteiger partial charge in [-0.25, -0.2) is 0 Å². The number of fused-ring (bicyclic) bond motifs is 1. The SMILES string of the molecule is CCNC(CCO)CN1CCN2CCCC2C1. The Morgan fingerprint density at radius 3 is 3.00 bits per heavy atom. The number of rotatable bonds is 6. The Bertz CT molecular complexity index is 219. The van der Waals surface area contributed by atoms with Crippen molar-refractivity contribution in [1.82, 2.24) is 15.1 Å². The van der Waals surface area contributed by atoms with Gasteiger partial charge in [0.15, 0.2) is 0 Å². The lowest BCUT2D eigenvalue weighted by Gasteiger charge is -2.39. The number of nitrogens with one attached hydrogen (secondary N) is 1. The number of aliphatic hydroxyl groups is 1. The van der Waals surface area contributed by atoms with Crippen LogP contribution in [0.25, 0.3) is 0 Å². The van der Waals surface area contributed by atoms with Crippen molar-refractivity contribution in [3.63, 3.8) is 0 Å². The maximum atomic E-state index is 9.08. The van der Waals surface area contributed by atoms with Gasteiger partial charge in [0.1, 0.15) is 0 Å². The molecule has 4 nitrogen and oxygen atoms in total. The molecule has 0 aliphatic carbocycles. The summed E-state index contributed by atoms with van der Waals surface area (Å²) in [5.41, 5.74) is 0. The smallest absolute Gasteiger partial charge is 0.0446 e. The molecule has 17 heavy (non-hydrogen) atoms. The number of likely N-dealkylation sites (N-methyl/N-ethyl adjacent to an activating group) is 1. The Balaban J connectivity index is 1.77. The van der Waals surface area contributed by atoms with Crippen molar-refractivity contribution in [1.29, 1.82) is 0 Å². The van der Waals surface area contributed by atoms with Crippen LogP contribution in [-0.2, 0) is 0 Å². The standard InChI is InChI=1S/C13H27N3O/c1-2-14-12(5-9-17)10-15-7-8-16-6-3-4-13(16)11-15/h12-14,17H,2-11H2,1H3. The molecule has 2 aliphatic heterocycles. The van der Waals surface area contributed by atoms with E-state index in [1.165, 1.54) is 39.0 Å². The predicted molar refractivity (Wildman–Crippen MR) is 70.2 cm³/mol. The van der Waals surface area contributed by atoms with Crippen LogP contribution in [0.4, 0.5) is 0 Å². The van der Waals surface area contributed by atoms with Crippen LogP contribution < -0.4 is 5.32 Å². The van der Waals surface area contributed by atoms with Gasteiger partial charge in [0.05, 0.1) is 0 Å². The van der Waals surface area contributed by atoms with Crippen molar-refractivity contribution in [3.05, 3.63) is 0 Å². The molecule has 0 aromatic heterocycles. The second-order valence-electron chi connectivity index (χ2n) is 5.36. The summed E-state index contributed by atoms with van der Waals surface area (Å²) >= 11 is 0. The van der Waals surface area contributed by atoms with Crippen molar-refractivity contribution in [3.8, 4) is 0 Å². The Hall–Kier alpha value is -0.160. The largest absolute Gasteiger partial charge is 0.396 e. The third-order valence-electron chi connectivity index (χ3n) is 4.12. The molecule has 2 unspecified atom stereocenters. The highest BCUT2D eigenvalue weighted by Gasteiger charge is 2.30. The van der Waals surface area contributed by atoms with Gasteiger partial charge in [-0.1, -0.05) is 6.92 Å². The first-order valence-corrected chi connectivity index (χ1v) is 7.14. The minimum absolute atomic E-state index is 0.293. The summed E-state index contributed by atoms with van der Waals surface area (Å²) in [6, 6.07) is 1.26. The van der Waals surface area contributed by atoms with E-state index in [1.54, 1.807) is 0 Å². The van der Waals surface area contributed by atoms with E-state index in [2.05, 4.69) is 22.0 Å². The van der Waals surface area contributed by atoms with Crippen molar-refractivity contribution in [2.75, 3.05) is 45.9 Å². The lowest BCUT2D eigenvalue weighted by molar-refractivity contribution is 0.0930. The molecule has 100 valence electrons. The molecule has 0 aromatic rings. The molecule has 2 aliphatic rings. The summed E-state index contributed by atoms with van der Waals surface area (Å²) < 4.78 is 0. The molecule has 0 aromatic carbocycles. The maximum Gasteiger partial charge on any atom is 0.0446 e. The molecule has 2 rings (SSSR count). The summed E-state index contributed by atoms with van der Waals surface area (Å²) in [6.07, 6.45) is 3.63. The number of nitrogens with zero attached hydrogens (tertiary/aromatic N) is 2. The van der Waals surface area contributed by atoms with E-state index < -0.39 is 0 Å². The van der Waals surface area contributed by atoms with Crippen LogP contribution in [0.3, 0.4) is 0 Å². The molecule has 0 spiro atoms. The normalized spacial score (nSPS) is 28.2. The summed E-state index contributed by atoms with van der Waals surface area (Å²) in [5, 5.41) is 12.6. The van der Waals surface area contributed by atoms with E-state index in [0.29, 0.717) is 12.6 Å². The van der Waals surface area contributed by atoms with E-state index in [-0.39, 0.29) is 0 Å². The average Bonchev–Trinajstić information content (AvgIpc) is 2.77. The van der Waals surface area contributed by atoms with Crippen molar-refractivity contribution in [2.24, 2.45) is 0 Å². The minimum Gasteiger partial charge on any atom is -0.396 e. The quantitative estimate of drug-likeness (QED) is 0.693. The highest BCUT2D eigenvalue weighted by Crippen LogP contribution is 2.21. The van der Waals surface area contributed by atoms with Gasteiger partial charge >= 0.3 is 0 Å². The van der Waals surface area contributed by atoms with Crippen LogP contribution in [-0.4, -0.2) is 72.9 Å². The Labute approximate surface area is 105 Å². The van der Waals surface area contributed by atoms with Gasteiger partial charge in [-0.2, -0.15) is 0 Å². The van der Waals surface area contributed by atoms with E-state index in [9.17, 15) is 0 Å². The van der Waals surface area contributed by atoms with Crippen LogP contribution >= 0.6 is 0 Å². The molecule has 0 bridgehead atoms. The number of hydrogen-bond donors (Lipinski definition) is 2. The van der Waals surface area contributed by atoms with E-state index in [4.69, 9.17) is 5.11 Å².